The minimum atomic E-state index is 0.868. The van der Waals surface area contributed by atoms with Crippen LogP contribution in [0, 0.1) is 0 Å². The van der Waals surface area contributed by atoms with Gasteiger partial charge in [0, 0.05) is 22.9 Å². The van der Waals surface area contributed by atoms with E-state index in [4.69, 9.17) is 9.40 Å². The zero-order chi connectivity index (χ0) is 37.2. The van der Waals surface area contributed by atoms with Crippen molar-refractivity contribution in [3.8, 4) is 50.2 Å². The average molecular weight is 717 g/mol. The van der Waals surface area contributed by atoms with Gasteiger partial charge in [-0.3, -0.25) is 4.57 Å². The minimum Gasteiger partial charge on any atom is -0.456 e. The third-order valence-electron chi connectivity index (χ3n) is 11.4. The summed E-state index contributed by atoms with van der Waals surface area (Å²) in [5.41, 5.74) is 14.7. The zero-order valence-corrected chi connectivity index (χ0v) is 30.9. The molecule has 0 N–H and O–H groups in total. The summed E-state index contributed by atoms with van der Waals surface area (Å²) < 4.78 is 8.54. The molecule has 0 saturated heterocycles. The second-order valence-electron chi connectivity index (χ2n) is 14.6. The molecule has 0 saturated carbocycles. The summed E-state index contributed by atoms with van der Waals surface area (Å²) in [7, 11) is 0. The van der Waals surface area contributed by atoms with Gasteiger partial charge in [-0.15, -0.1) is 0 Å². The van der Waals surface area contributed by atoms with Crippen molar-refractivity contribution in [2.24, 2.45) is 0 Å². The monoisotopic (exact) mass is 716 g/mol. The van der Waals surface area contributed by atoms with Crippen LogP contribution in [0.5, 0.6) is 0 Å². The van der Waals surface area contributed by atoms with Gasteiger partial charge in [0.25, 0.3) is 0 Å². The van der Waals surface area contributed by atoms with Crippen LogP contribution in [0.15, 0.2) is 192 Å². The average Bonchev–Trinajstić information content (AvgIpc) is 3.84. The molecule has 0 aliphatic rings. The number of hydrogen-bond donors (Lipinski definition) is 0. The van der Waals surface area contributed by atoms with Crippen molar-refractivity contribution in [1.82, 2.24) is 9.55 Å². The van der Waals surface area contributed by atoms with E-state index in [9.17, 15) is 0 Å². The van der Waals surface area contributed by atoms with E-state index in [1.54, 1.807) is 0 Å². The molecule has 2 aromatic heterocycles. The number of fused-ring (bicyclic) bond motifs is 6. The van der Waals surface area contributed by atoms with Gasteiger partial charge in [0.2, 0.25) is 0 Å². The van der Waals surface area contributed by atoms with E-state index in [0.29, 0.717) is 0 Å². The number of imidazole rings is 1. The molecule has 0 radical (unpaired) electrons. The molecule has 0 bridgehead atoms. The number of benzene rings is 9. The Balaban J connectivity index is 1.07. The molecule has 0 aliphatic carbocycles. The number of rotatable bonds is 6. The Kier molecular flexibility index (Phi) is 7.46. The summed E-state index contributed by atoms with van der Waals surface area (Å²) >= 11 is 0. The third-order valence-corrected chi connectivity index (χ3v) is 11.4. The van der Waals surface area contributed by atoms with Crippen LogP contribution in [0.2, 0.25) is 0 Å². The molecule has 2 heterocycles. The number of hydrogen-bond acceptors (Lipinski definition) is 2. The summed E-state index contributed by atoms with van der Waals surface area (Å²) in [4.78, 5) is 4.89. The summed E-state index contributed by atoms with van der Waals surface area (Å²) in [5.74, 6) is 1.07. The molecule has 11 rings (SSSR count). The number of aryl methyl sites for hydroxylation is 1. The first-order valence-corrected chi connectivity index (χ1v) is 19.3. The zero-order valence-electron chi connectivity index (χ0n) is 30.9. The summed E-state index contributed by atoms with van der Waals surface area (Å²) in [6.45, 7) is 2.16. The standard InChI is InChI=1S/C53H36N2O/c1-2-51-54-47-17-9-10-18-48(47)55(51)40-28-24-36(25-29-40)35-20-22-37(23-21-35)52-42-15-6-7-16-43(42)53(46-32-38(26-30-44(46)52)34-12-4-3-5-13-34)39-27-31-50-45(33-39)41-14-8-11-19-49(41)56-50/h3-33H,2H2,1H3. The van der Waals surface area contributed by atoms with Crippen molar-refractivity contribution >= 4 is 54.5 Å². The molecule has 56 heavy (non-hydrogen) atoms. The fourth-order valence-corrected chi connectivity index (χ4v) is 8.73. The van der Waals surface area contributed by atoms with E-state index in [0.717, 1.165) is 50.9 Å². The first kappa shape index (κ1) is 32.2. The van der Waals surface area contributed by atoms with Crippen LogP contribution in [-0.4, -0.2) is 9.55 Å². The fraction of sp³-hybridized carbons (Fsp3) is 0.0377. The van der Waals surface area contributed by atoms with Gasteiger partial charge in [-0.25, -0.2) is 4.98 Å². The van der Waals surface area contributed by atoms with E-state index in [2.05, 4.69) is 187 Å². The molecule has 264 valence electrons. The van der Waals surface area contributed by atoms with Crippen molar-refractivity contribution in [1.29, 1.82) is 0 Å². The molecule has 0 unspecified atom stereocenters. The second kappa shape index (κ2) is 13.0. The summed E-state index contributed by atoms with van der Waals surface area (Å²) in [6, 6.07) is 67.9. The van der Waals surface area contributed by atoms with Gasteiger partial charge in [0.15, 0.2) is 0 Å². The lowest BCUT2D eigenvalue weighted by molar-refractivity contribution is 0.669. The maximum absolute atomic E-state index is 6.26. The molecule has 0 aliphatic heterocycles. The van der Waals surface area contributed by atoms with Crippen molar-refractivity contribution in [2.45, 2.75) is 13.3 Å². The van der Waals surface area contributed by atoms with Crippen molar-refractivity contribution in [3.63, 3.8) is 0 Å². The molecule has 0 amide bonds. The normalized spacial score (nSPS) is 11.7. The van der Waals surface area contributed by atoms with Crippen LogP contribution in [0.1, 0.15) is 12.7 Å². The largest absolute Gasteiger partial charge is 0.456 e. The van der Waals surface area contributed by atoms with Crippen LogP contribution in [0.25, 0.3) is 105 Å². The second-order valence-corrected chi connectivity index (χ2v) is 14.6. The van der Waals surface area contributed by atoms with E-state index in [1.807, 2.05) is 12.1 Å². The fourth-order valence-electron chi connectivity index (χ4n) is 8.73. The van der Waals surface area contributed by atoms with Crippen LogP contribution in [-0.2, 0) is 6.42 Å². The Morgan fingerprint density at radius 3 is 1.71 bits per heavy atom. The van der Waals surface area contributed by atoms with Gasteiger partial charge >= 0.3 is 0 Å². The molecule has 3 heteroatoms. The van der Waals surface area contributed by atoms with Gasteiger partial charge in [-0.1, -0.05) is 146 Å². The molecule has 3 nitrogen and oxygen atoms in total. The molecular weight excluding hydrogens is 681 g/mol. The molecule has 11 aromatic rings. The van der Waals surface area contributed by atoms with Gasteiger partial charge in [0.1, 0.15) is 17.0 Å². The molecule has 0 spiro atoms. The minimum absolute atomic E-state index is 0.868. The number of para-hydroxylation sites is 3. The van der Waals surface area contributed by atoms with Crippen molar-refractivity contribution < 1.29 is 4.42 Å². The van der Waals surface area contributed by atoms with E-state index in [1.165, 1.54) is 66.1 Å². The predicted molar refractivity (Wildman–Crippen MR) is 234 cm³/mol. The Morgan fingerprint density at radius 1 is 0.411 bits per heavy atom. The highest BCUT2D eigenvalue weighted by molar-refractivity contribution is 6.22. The SMILES string of the molecule is CCc1nc2ccccc2n1-c1ccc(-c2ccc(-c3c4ccccc4c(-c4ccc5oc6ccccc6c5c4)c4cc(-c5ccccc5)ccc34)cc2)cc1. The van der Waals surface area contributed by atoms with Crippen LogP contribution >= 0.6 is 0 Å². The topological polar surface area (TPSA) is 31.0 Å². The quantitative estimate of drug-likeness (QED) is 0.160. The summed E-state index contributed by atoms with van der Waals surface area (Å²) in [5, 5.41) is 7.18. The van der Waals surface area contributed by atoms with E-state index in [-0.39, 0.29) is 0 Å². The smallest absolute Gasteiger partial charge is 0.135 e. The van der Waals surface area contributed by atoms with Gasteiger partial charge in [-0.05, 0) is 115 Å². The highest BCUT2D eigenvalue weighted by Crippen LogP contribution is 2.46. The highest BCUT2D eigenvalue weighted by Gasteiger charge is 2.19. The van der Waals surface area contributed by atoms with Crippen LogP contribution in [0.4, 0.5) is 0 Å². The maximum atomic E-state index is 6.26. The van der Waals surface area contributed by atoms with E-state index < -0.39 is 0 Å². The summed E-state index contributed by atoms with van der Waals surface area (Å²) in [6.07, 6.45) is 0.868. The Labute approximate surface area is 324 Å². The lowest BCUT2D eigenvalue weighted by Crippen LogP contribution is -1.99. The van der Waals surface area contributed by atoms with Crippen molar-refractivity contribution in [3.05, 3.63) is 194 Å². The highest BCUT2D eigenvalue weighted by atomic mass is 16.3. The lowest BCUT2D eigenvalue weighted by atomic mass is 9.84. The van der Waals surface area contributed by atoms with Crippen LogP contribution in [0.3, 0.4) is 0 Å². The molecule has 0 atom stereocenters. The first-order chi connectivity index (χ1) is 27.7. The van der Waals surface area contributed by atoms with Crippen molar-refractivity contribution in [2.75, 3.05) is 0 Å². The Morgan fingerprint density at radius 2 is 0.946 bits per heavy atom. The number of furan rings is 1. The Hall–Kier alpha value is -7.23. The van der Waals surface area contributed by atoms with Gasteiger partial charge in [0.05, 0.1) is 11.0 Å². The maximum Gasteiger partial charge on any atom is 0.135 e. The molecule has 0 fully saturated rings. The molecule has 9 aromatic carbocycles. The number of aromatic nitrogens is 2. The Bertz CT molecular complexity index is 3260. The van der Waals surface area contributed by atoms with Gasteiger partial charge < -0.3 is 4.42 Å². The lowest BCUT2D eigenvalue weighted by Gasteiger charge is -2.19. The first-order valence-electron chi connectivity index (χ1n) is 19.3. The van der Waals surface area contributed by atoms with Gasteiger partial charge in [-0.2, -0.15) is 0 Å². The third kappa shape index (κ3) is 5.16. The predicted octanol–water partition coefficient (Wildman–Crippen LogP) is 14.5. The molecular formula is C53H36N2O. The van der Waals surface area contributed by atoms with E-state index >= 15 is 0 Å². The number of nitrogens with zero attached hydrogens (tertiary/aromatic N) is 2. The van der Waals surface area contributed by atoms with Crippen LogP contribution < -0.4 is 0 Å².